The van der Waals surface area contributed by atoms with Crippen LogP contribution in [-0.4, -0.2) is 81.3 Å². The second-order valence-corrected chi connectivity index (χ2v) is 14.2. The number of hydrogen-bond donors (Lipinski definition) is 4. The minimum absolute atomic E-state index is 0.00732. The van der Waals surface area contributed by atoms with Crippen molar-refractivity contribution in [2.75, 3.05) is 0 Å². The van der Waals surface area contributed by atoms with Gasteiger partial charge in [-0.1, -0.05) is 90.4 Å². The third-order valence-corrected chi connectivity index (χ3v) is 10.1. The Kier molecular flexibility index (Phi) is 18.6. The number of carbonyl (C=O) groups excluding carboxylic acids is 1. The van der Waals surface area contributed by atoms with Crippen LogP contribution in [0.3, 0.4) is 0 Å². The maximum atomic E-state index is 11.7. The molecule has 0 saturated carbocycles. The first-order valence-electron chi connectivity index (χ1n) is 18.7. The highest BCUT2D eigenvalue weighted by Gasteiger charge is 2.40. The summed E-state index contributed by atoms with van der Waals surface area (Å²) in [5.74, 6) is -0.315. The van der Waals surface area contributed by atoms with Crippen LogP contribution in [0.1, 0.15) is 162 Å². The first-order valence-corrected chi connectivity index (χ1v) is 18.7. The van der Waals surface area contributed by atoms with Crippen molar-refractivity contribution in [3.63, 3.8) is 0 Å². The summed E-state index contributed by atoms with van der Waals surface area (Å²) in [7, 11) is 0. The summed E-state index contributed by atoms with van der Waals surface area (Å²) in [6.07, 6.45) is 21.7. The standard InChI is InChI=1S/C37H66O8/c1-3-4-5-6-7-8-9-13-19-31(40)33-21-23-35(44-33)36-24-22-34(45-36)32(41)20-15-14-17-29(38)16-11-10-12-18-30(39)26-28-25-27(2)43-37(28)42/h25,27,29-36,38-41H,3-24,26H2,1-2H3/t27-,29?,30+,31+,32+,33+,34+,35-,36+/m0/s1. The zero-order chi connectivity index (χ0) is 32.4. The number of esters is 1. The van der Waals surface area contributed by atoms with Crippen molar-refractivity contribution in [1.82, 2.24) is 0 Å². The van der Waals surface area contributed by atoms with E-state index in [9.17, 15) is 25.2 Å². The van der Waals surface area contributed by atoms with Gasteiger partial charge in [0, 0.05) is 12.0 Å². The van der Waals surface area contributed by atoms with Crippen LogP contribution in [0.2, 0.25) is 0 Å². The summed E-state index contributed by atoms with van der Waals surface area (Å²) in [6, 6.07) is 0. The lowest BCUT2D eigenvalue weighted by Gasteiger charge is -2.24. The van der Waals surface area contributed by atoms with Crippen LogP contribution in [0.4, 0.5) is 0 Å². The van der Waals surface area contributed by atoms with Gasteiger partial charge in [-0.15, -0.1) is 0 Å². The molecule has 0 aromatic rings. The Labute approximate surface area is 273 Å². The first kappa shape index (κ1) is 38.4. The summed E-state index contributed by atoms with van der Waals surface area (Å²) >= 11 is 0. The van der Waals surface area contributed by atoms with E-state index in [0.29, 0.717) is 24.8 Å². The molecule has 0 aliphatic carbocycles. The number of cyclic esters (lactones) is 1. The summed E-state index contributed by atoms with van der Waals surface area (Å²) in [5, 5.41) is 42.0. The predicted octanol–water partition coefficient (Wildman–Crippen LogP) is 6.83. The number of hydrogen-bond acceptors (Lipinski definition) is 8. The zero-order valence-corrected chi connectivity index (χ0v) is 28.5. The van der Waals surface area contributed by atoms with E-state index in [0.717, 1.165) is 83.5 Å². The summed E-state index contributed by atoms with van der Waals surface area (Å²) in [4.78, 5) is 11.7. The monoisotopic (exact) mass is 638 g/mol. The second-order valence-electron chi connectivity index (χ2n) is 14.2. The number of aliphatic hydroxyl groups is 4. The van der Waals surface area contributed by atoms with Crippen molar-refractivity contribution in [2.45, 2.75) is 216 Å². The molecular formula is C37H66O8. The first-order chi connectivity index (χ1) is 21.8. The van der Waals surface area contributed by atoms with Crippen molar-refractivity contribution in [3.05, 3.63) is 11.6 Å². The highest BCUT2D eigenvalue weighted by Crippen LogP contribution is 2.34. The van der Waals surface area contributed by atoms with Crippen LogP contribution in [0.5, 0.6) is 0 Å². The SMILES string of the molecule is CCCCCCCCCC[C@@H](O)[C@H]1CC[C@@H]([C@H]2CC[C@H]([C@H](O)CCCCC(O)CCCCC[C@@H](O)CC3=C[C@H](C)OC3=O)O2)O1. The molecule has 8 nitrogen and oxygen atoms in total. The number of carbonyl (C=O) groups is 1. The molecule has 3 heterocycles. The summed E-state index contributed by atoms with van der Waals surface area (Å²) in [5.41, 5.74) is 0.575. The van der Waals surface area contributed by atoms with Crippen molar-refractivity contribution < 1.29 is 39.4 Å². The third kappa shape index (κ3) is 14.7. The fraction of sp³-hybridized carbons (Fsp3) is 0.919. The molecule has 3 rings (SSSR count). The molecule has 8 heteroatoms. The molecule has 0 aromatic heterocycles. The average molecular weight is 639 g/mol. The van der Waals surface area contributed by atoms with Crippen LogP contribution in [-0.2, 0) is 19.0 Å². The fourth-order valence-corrected chi connectivity index (χ4v) is 7.30. The molecule has 3 aliphatic heterocycles. The van der Waals surface area contributed by atoms with Gasteiger partial charge >= 0.3 is 5.97 Å². The van der Waals surface area contributed by atoms with E-state index in [2.05, 4.69) is 6.92 Å². The van der Waals surface area contributed by atoms with Gasteiger partial charge < -0.3 is 34.6 Å². The Hall–Kier alpha value is -1.03. The van der Waals surface area contributed by atoms with Gasteiger partial charge in [0.25, 0.3) is 0 Å². The van der Waals surface area contributed by atoms with Crippen LogP contribution in [0, 0.1) is 0 Å². The molecule has 0 amide bonds. The normalized spacial score (nSPS) is 27.8. The van der Waals surface area contributed by atoms with Crippen LogP contribution in [0.25, 0.3) is 0 Å². The molecule has 4 N–H and O–H groups in total. The minimum atomic E-state index is -0.533. The quantitative estimate of drug-likeness (QED) is 0.0634. The fourth-order valence-electron chi connectivity index (χ4n) is 7.30. The Balaban J connectivity index is 1.16. The van der Waals surface area contributed by atoms with Crippen LogP contribution in [0.15, 0.2) is 11.6 Å². The highest BCUT2D eigenvalue weighted by atomic mass is 16.6. The van der Waals surface area contributed by atoms with Gasteiger partial charge in [-0.3, -0.25) is 0 Å². The molecule has 262 valence electrons. The molecule has 0 aromatic carbocycles. The zero-order valence-electron chi connectivity index (χ0n) is 28.5. The minimum Gasteiger partial charge on any atom is -0.455 e. The lowest BCUT2D eigenvalue weighted by Crippen LogP contribution is -2.33. The van der Waals surface area contributed by atoms with Gasteiger partial charge in [0.15, 0.2) is 0 Å². The predicted molar refractivity (Wildman–Crippen MR) is 177 cm³/mol. The average Bonchev–Trinajstić information content (AvgIpc) is 3.76. The van der Waals surface area contributed by atoms with E-state index < -0.39 is 18.3 Å². The van der Waals surface area contributed by atoms with E-state index in [1.165, 1.54) is 44.9 Å². The van der Waals surface area contributed by atoms with Gasteiger partial charge in [-0.2, -0.15) is 0 Å². The van der Waals surface area contributed by atoms with Crippen LogP contribution >= 0.6 is 0 Å². The van der Waals surface area contributed by atoms with Crippen molar-refractivity contribution in [2.24, 2.45) is 0 Å². The molecule has 3 aliphatic rings. The van der Waals surface area contributed by atoms with E-state index in [-0.39, 0.29) is 42.6 Å². The molecule has 0 radical (unpaired) electrons. The topological polar surface area (TPSA) is 126 Å². The van der Waals surface area contributed by atoms with E-state index in [1.54, 1.807) is 6.08 Å². The number of rotatable bonds is 25. The second kappa shape index (κ2) is 21.8. The molecule has 0 bridgehead atoms. The number of ether oxygens (including phenoxy) is 3. The number of aliphatic hydroxyl groups excluding tert-OH is 4. The molecule has 45 heavy (non-hydrogen) atoms. The molecular weight excluding hydrogens is 572 g/mol. The number of unbranched alkanes of at least 4 members (excludes halogenated alkanes) is 10. The lowest BCUT2D eigenvalue weighted by atomic mass is 9.99. The Bertz CT molecular complexity index is 833. The smallest absolute Gasteiger partial charge is 0.334 e. The Morgan fingerprint density at radius 1 is 0.644 bits per heavy atom. The van der Waals surface area contributed by atoms with Gasteiger partial charge in [-0.25, -0.2) is 4.79 Å². The molecule has 2 saturated heterocycles. The van der Waals surface area contributed by atoms with Gasteiger partial charge in [0.1, 0.15) is 6.10 Å². The van der Waals surface area contributed by atoms with E-state index in [4.69, 9.17) is 14.2 Å². The molecule has 9 atom stereocenters. The summed E-state index contributed by atoms with van der Waals surface area (Å²) < 4.78 is 17.6. The molecule has 0 spiro atoms. The van der Waals surface area contributed by atoms with Gasteiger partial charge in [-0.05, 0) is 70.8 Å². The Morgan fingerprint density at radius 3 is 1.62 bits per heavy atom. The van der Waals surface area contributed by atoms with Gasteiger partial charge in [0.2, 0.25) is 0 Å². The van der Waals surface area contributed by atoms with Gasteiger partial charge in [0.05, 0.1) is 48.8 Å². The maximum Gasteiger partial charge on any atom is 0.334 e. The molecule has 1 unspecified atom stereocenters. The third-order valence-electron chi connectivity index (χ3n) is 10.1. The largest absolute Gasteiger partial charge is 0.455 e. The highest BCUT2D eigenvalue weighted by molar-refractivity contribution is 5.90. The lowest BCUT2D eigenvalue weighted by molar-refractivity contribution is -0.139. The van der Waals surface area contributed by atoms with E-state index >= 15 is 0 Å². The Morgan fingerprint density at radius 2 is 1.09 bits per heavy atom. The van der Waals surface area contributed by atoms with Crippen molar-refractivity contribution in [3.8, 4) is 0 Å². The van der Waals surface area contributed by atoms with Crippen LogP contribution < -0.4 is 0 Å². The van der Waals surface area contributed by atoms with Crippen molar-refractivity contribution in [1.29, 1.82) is 0 Å². The maximum absolute atomic E-state index is 11.7. The van der Waals surface area contributed by atoms with Crippen molar-refractivity contribution >= 4 is 5.97 Å². The van der Waals surface area contributed by atoms with E-state index in [1.807, 2.05) is 6.92 Å². The summed E-state index contributed by atoms with van der Waals surface area (Å²) in [6.45, 7) is 4.06. The molecule has 2 fully saturated rings.